The molecule has 0 aliphatic carbocycles. The summed E-state index contributed by atoms with van der Waals surface area (Å²) in [6, 6.07) is 21.6. The summed E-state index contributed by atoms with van der Waals surface area (Å²) in [5, 5.41) is 13.2. The van der Waals surface area contributed by atoms with E-state index in [1.807, 2.05) is 60.7 Å². The van der Waals surface area contributed by atoms with Crippen LogP contribution in [0.15, 0.2) is 66.7 Å². The van der Waals surface area contributed by atoms with Crippen LogP contribution in [-0.4, -0.2) is 50.5 Å². The van der Waals surface area contributed by atoms with E-state index < -0.39 is 12.1 Å². The fourth-order valence-corrected chi connectivity index (χ4v) is 4.31. The lowest BCUT2D eigenvalue weighted by atomic mass is 9.90. The molecule has 7 nitrogen and oxygen atoms in total. The Morgan fingerprint density at radius 1 is 0.895 bits per heavy atom. The molecular weight excluding hydrogens is 480 g/mol. The molecule has 3 rings (SSSR count). The highest BCUT2D eigenvalue weighted by Gasteiger charge is 2.19. The Labute approximate surface area is 225 Å². The van der Waals surface area contributed by atoms with Crippen molar-refractivity contribution in [1.29, 1.82) is 0 Å². The number of unbranched alkanes of at least 4 members (excludes halogenated alkanes) is 2. The lowest BCUT2D eigenvalue weighted by Gasteiger charge is -2.22. The molecular formula is C31H40N2O5. The smallest absolute Gasteiger partial charge is 0.220 e. The number of methoxy groups -OCH3 is 2. The summed E-state index contributed by atoms with van der Waals surface area (Å²) in [5.41, 5.74) is 10.7. The number of carbonyl (C=O) groups excluding carboxylic acids is 1. The highest BCUT2D eigenvalue weighted by atomic mass is 16.5. The SMILES string of the molecule is COc1ccc(-c2cccc(COCC(NC(=O)CCCCCN)C(C)O)c2-c2ccc(OC)cc2)cc1. The number of amides is 1. The number of rotatable bonds is 15. The van der Waals surface area contributed by atoms with E-state index in [0.717, 1.165) is 58.6 Å². The first kappa shape index (κ1) is 29.2. The Balaban J connectivity index is 1.80. The van der Waals surface area contributed by atoms with E-state index in [-0.39, 0.29) is 12.5 Å². The second-order valence-electron chi connectivity index (χ2n) is 9.33. The Morgan fingerprint density at radius 2 is 1.53 bits per heavy atom. The highest BCUT2D eigenvalue weighted by Crippen LogP contribution is 2.36. The van der Waals surface area contributed by atoms with E-state index in [0.29, 0.717) is 19.6 Å². The standard InChI is InChI=1S/C31H40N2O5/c1-22(34)29(33-30(35)10-5-4-6-19-32)21-38-20-25-8-7-9-28(23-11-15-26(36-2)16-12-23)31(25)24-13-17-27(37-3)18-14-24/h7-9,11-18,22,29,34H,4-6,10,19-21,32H2,1-3H3,(H,33,35). The van der Waals surface area contributed by atoms with Crippen LogP contribution in [0.1, 0.15) is 38.2 Å². The highest BCUT2D eigenvalue weighted by molar-refractivity contribution is 5.86. The first-order valence-electron chi connectivity index (χ1n) is 13.1. The van der Waals surface area contributed by atoms with Gasteiger partial charge in [-0.2, -0.15) is 0 Å². The van der Waals surface area contributed by atoms with Crippen molar-refractivity contribution in [2.24, 2.45) is 5.73 Å². The fraction of sp³-hybridized carbons (Fsp3) is 0.387. The van der Waals surface area contributed by atoms with Crippen molar-refractivity contribution in [3.05, 3.63) is 72.3 Å². The second-order valence-corrected chi connectivity index (χ2v) is 9.33. The number of carbonyl (C=O) groups is 1. The van der Waals surface area contributed by atoms with Crippen LogP contribution in [-0.2, 0) is 16.1 Å². The summed E-state index contributed by atoms with van der Waals surface area (Å²) in [5.74, 6) is 1.49. The molecule has 0 spiro atoms. The van der Waals surface area contributed by atoms with Crippen LogP contribution >= 0.6 is 0 Å². The van der Waals surface area contributed by atoms with Gasteiger partial charge in [0.2, 0.25) is 5.91 Å². The molecule has 2 unspecified atom stereocenters. The van der Waals surface area contributed by atoms with E-state index >= 15 is 0 Å². The molecule has 0 bridgehead atoms. The number of nitrogens with one attached hydrogen (secondary N) is 1. The second kappa shape index (κ2) is 15.1. The zero-order chi connectivity index (χ0) is 27.3. The third kappa shape index (κ3) is 8.31. The molecule has 0 aliphatic rings. The van der Waals surface area contributed by atoms with Crippen molar-refractivity contribution in [2.75, 3.05) is 27.4 Å². The van der Waals surface area contributed by atoms with Crippen LogP contribution in [0.4, 0.5) is 0 Å². The maximum absolute atomic E-state index is 12.4. The topological polar surface area (TPSA) is 103 Å². The van der Waals surface area contributed by atoms with Gasteiger partial charge in [-0.05, 0) is 78.4 Å². The predicted molar refractivity (Wildman–Crippen MR) is 151 cm³/mol. The maximum atomic E-state index is 12.4. The molecule has 0 aromatic heterocycles. The van der Waals surface area contributed by atoms with E-state index in [1.54, 1.807) is 21.1 Å². The number of aliphatic hydroxyl groups is 1. The van der Waals surface area contributed by atoms with Crippen LogP contribution in [0.2, 0.25) is 0 Å². The van der Waals surface area contributed by atoms with E-state index in [9.17, 15) is 9.90 Å². The minimum atomic E-state index is -0.741. The molecule has 2 atom stereocenters. The molecule has 204 valence electrons. The Bertz CT molecular complexity index is 1130. The number of hydrogen-bond donors (Lipinski definition) is 3. The van der Waals surface area contributed by atoms with Gasteiger partial charge in [-0.15, -0.1) is 0 Å². The summed E-state index contributed by atoms with van der Waals surface area (Å²) >= 11 is 0. The first-order valence-corrected chi connectivity index (χ1v) is 13.1. The van der Waals surface area contributed by atoms with Crippen LogP contribution in [0, 0.1) is 0 Å². The molecule has 0 radical (unpaired) electrons. The van der Waals surface area contributed by atoms with Gasteiger partial charge in [0.15, 0.2) is 0 Å². The van der Waals surface area contributed by atoms with Gasteiger partial charge in [0.25, 0.3) is 0 Å². The molecule has 0 saturated carbocycles. The molecule has 0 fully saturated rings. The number of hydrogen-bond acceptors (Lipinski definition) is 6. The van der Waals surface area contributed by atoms with Gasteiger partial charge < -0.3 is 30.4 Å². The summed E-state index contributed by atoms with van der Waals surface area (Å²) in [4.78, 5) is 12.4. The summed E-state index contributed by atoms with van der Waals surface area (Å²) in [6.07, 6.45) is 2.27. The van der Waals surface area contributed by atoms with Crippen LogP contribution in [0.3, 0.4) is 0 Å². The van der Waals surface area contributed by atoms with Gasteiger partial charge in [-0.25, -0.2) is 0 Å². The Kier molecular flexibility index (Phi) is 11.6. The van der Waals surface area contributed by atoms with Gasteiger partial charge in [-0.3, -0.25) is 4.79 Å². The van der Waals surface area contributed by atoms with Crippen LogP contribution < -0.4 is 20.5 Å². The number of nitrogens with two attached hydrogens (primary N) is 1. The summed E-state index contributed by atoms with van der Waals surface area (Å²) in [6.45, 7) is 2.81. The van der Waals surface area contributed by atoms with E-state index in [4.69, 9.17) is 19.9 Å². The molecule has 38 heavy (non-hydrogen) atoms. The monoisotopic (exact) mass is 520 g/mol. The summed E-state index contributed by atoms with van der Waals surface area (Å²) in [7, 11) is 3.30. The molecule has 0 aliphatic heterocycles. The molecule has 3 aromatic carbocycles. The molecule has 0 heterocycles. The minimum Gasteiger partial charge on any atom is -0.497 e. The number of aliphatic hydroxyl groups excluding tert-OH is 1. The average molecular weight is 521 g/mol. The molecule has 7 heteroatoms. The quantitative estimate of drug-likeness (QED) is 0.245. The number of ether oxygens (including phenoxy) is 3. The third-order valence-corrected chi connectivity index (χ3v) is 6.52. The predicted octanol–water partition coefficient (Wildman–Crippen LogP) is 4.94. The fourth-order valence-electron chi connectivity index (χ4n) is 4.31. The third-order valence-electron chi connectivity index (χ3n) is 6.52. The van der Waals surface area contributed by atoms with Gasteiger partial charge in [0.1, 0.15) is 11.5 Å². The zero-order valence-electron chi connectivity index (χ0n) is 22.6. The van der Waals surface area contributed by atoms with E-state index in [1.165, 1.54) is 0 Å². The average Bonchev–Trinajstić information content (AvgIpc) is 2.94. The largest absolute Gasteiger partial charge is 0.497 e. The van der Waals surface area contributed by atoms with Crippen molar-refractivity contribution < 1.29 is 24.1 Å². The lowest BCUT2D eigenvalue weighted by Crippen LogP contribution is -2.45. The Hall–Kier alpha value is -3.39. The minimum absolute atomic E-state index is 0.0862. The lowest BCUT2D eigenvalue weighted by molar-refractivity contribution is -0.123. The summed E-state index contributed by atoms with van der Waals surface area (Å²) < 4.78 is 16.8. The van der Waals surface area contributed by atoms with Crippen LogP contribution in [0.25, 0.3) is 22.3 Å². The van der Waals surface area contributed by atoms with E-state index in [2.05, 4.69) is 11.4 Å². The maximum Gasteiger partial charge on any atom is 0.220 e. The first-order chi connectivity index (χ1) is 18.5. The van der Waals surface area contributed by atoms with Crippen molar-refractivity contribution >= 4 is 5.91 Å². The van der Waals surface area contributed by atoms with Gasteiger partial charge in [0.05, 0.1) is 39.6 Å². The van der Waals surface area contributed by atoms with Crippen molar-refractivity contribution in [1.82, 2.24) is 5.32 Å². The van der Waals surface area contributed by atoms with Crippen LogP contribution in [0.5, 0.6) is 11.5 Å². The molecule has 3 aromatic rings. The molecule has 1 amide bonds. The molecule has 0 saturated heterocycles. The molecule has 4 N–H and O–H groups in total. The normalized spacial score (nSPS) is 12.6. The van der Waals surface area contributed by atoms with Gasteiger partial charge >= 0.3 is 0 Å². The van der Waals surface area contributed by atoms with Gasteiger partial charge in [-0.1, -0.05) is 48.9 Å². The van der Waals surface area contributed by atoms with Crippen molar-refractivity contribution in [3.8, 4) is 33.8 Å². The zero-order valence-corrected chi connectivity index (χ0v) is 22.6. The van der Waals surface area contributed by atoms with Gasteiger partial charge in [0, 0.05) is 6.42 Å². The van der Waals surface area contributed by atoms with Crippen molar-refractivity contribution in [2.45, 2.75) is 51.4 Å². The van der Waals surface area contributed by atoms with Crippen molar-refractivity contribution in [3.63, 3.8) is 0 Å². The Morgan fingerprint density at radius 3 is 2.11 bits per heavy atom. The number of benzene rings is 3.